The van der Waals surface area contributed by atoms with Gasteiger partial charge in [-0.1, -0.05) is 60.3 Å². The predicted molar refractivity (Wildman–Crippen MR) is 171 cm³/mol. The van der Waals surface area contributed by atoms with Gasteiger partial charge in [-0.05, 0) is 49.4 Å². The molecule has 8 nitrogen and oxygen atoms in total. The quantitative estimate of drug-likeness (QED) is 0.137. The van der Waals surface area contributed by atoms with Crippen molar-refractivity contribution < 1.29 is 32.2 Å². The van der Waals surface area contributed by atoms with Gasteiger partial charge in [0, 0.05) is 34.8 Å². The SMILES string of the molecule is CCCCC1(CCCC)CN(c2ccc(NC(=O)C(C)(C)C)cc2)c2cc(SC)c(O/C=C(\F)C(=O)O)cc2S(=O)(=O)C1. The Labute approximate surface area is 259 Å². The molecule has 1 aliphatic rings. The number of aliphatic carboxylic acids is 1. The molecule has 2 N–H and O–H groups in total. The Hall–Kier alpha value is -3.05. The van der Waals surface area contributed by atoms with Gasteiger partial charge < -0.3 is 20.1 Å². The molecular weight excluding hydrogens is 591 g/mol. The molecule has 2 aromatic carbocycles. The molecule has 43 heavy (non-hydrogen) atoms. The number of carbonyl (C=O) groups excluding carboxylic acids is 1. The summed E-state index contributed by atoms with van der Waals surface area (Å²) in [6.45, 7) is 10.2. The second-order valence-electron chi connectivity index (χ2n) is 12.2. The van der Waals surface area contributed by atoms with Gasteiger partial charge in [-0.3, -0.25) is 4.79 Å². The van der Waals surface area contributed by atoms with Crippen molar-refractivity contribution in [1.82, 2.24) is 0 Å². The fourth-order valence-electron chi connectivity index (χ4n) is 5.16. The minimum Gasteiger partial charge on any atom is -0.476 e. The number of hydrogen-bond donors (Lipinski definition) is 2. The summed E-state index contributed by atoms with van der Waals surface area (Å²) in [6.07, 6.45) is 7.34. The molecule has 0 saturated heterocycles. The van der Waals surface area contributed by atoms with Gasteiger partial charge in [-0.2, -0.15) is 4.39 Å². The Kier molecular flexibility index (Phi) is 11.3. The molecule has 0 spiro atoms. The normalized spacial score (nSPS) is 16.3. The molecule has 1 aliphatic heterocycles. The van der Waals surface area contributed by atoms with Gasteiger partial charge in [0.1, 0.15) is 12.0 Å². The fraction of sp³-hybridized carbons (Fsp3) is 0.500. The first-order valence-corrected chi connectivity index (χ1v) is 17.4. The Morgan fingerprint density at radius 3 is 2.23 bits per heavy atom. The summed E-state index contributed by atoms with van der Waals surface area (Å²) >= 11 is 1.28. The number of ether oxygens (including phenoxy) is 1. The van der Waals surface area contributed by atoms with E-state index >= 15 is 0 Å². The van der Waals surface area contributed by atoms with Gasteiger partial charge >= 0.3 is 5.97 Å². The molecule has 11 heteroatoms. The van der Waals surface area contributed by atoms with Crippen LogP contribution in [0.25, 0.3) is 0 Å². The lowest BCUT2D eigenvalue weighted by molar-refractivity contribution is -0.134. The van der Waals surface area contributed by atoms with Gasteiger partial charge in [0.25, 0.3) is 0 Å². The third-order valence-corrected chi connectivity index (χ3v) is 10.3. The number of amides is 1. The summed E-state index contributed by atoms with van der Waals surface area (Å²) < 4.78 is 47.5. The average molecular weight is 635 g/mol. The number of rotatable bonds is 12. The molecule has 2 aromatic rings. The van der Waals surface area contributed by atoms with Crippen LogP contribution in [0.15, 0.2) is 58.3 Å². The van der Waals surface area contributed by atoms with Crippen LogP contribution in [0.4, 0.5) is 21.5 Å². The molecule has 3 rings (SSSR count). The third-order valence-electron chi connectivity index (χ3n) is 7.59. The summed E-state index contributed by atoms with van der Waals surface area (Å²) in [5.41, 5.74) is 0.780. The zero-order valence-electron chi connectivity index (χ0n) is 25.8. The number of carboxylic acids is 1. The summed E-state index contributed by atoms with van der Waals surface area (Å²) in [7, 11) is -3.85. The van der Waals surface area contributed by atoms with Crippen LogP contribution in [0.1, 0.15) is 73.1 Å². The molecule has 0 saturated carbocycles. The van der Waals surface area contributed by atoms with Gasteiger partial charge in [0.05, 0.1) is 21.2 Å². The molecular formula is C32H43FN2O6S2. The maximum absolute atomic E-state index is 14.2. The molecule has 1 amide bonds. The van der Waals surface area contributed by atoms with Crippen LogP contribution < -0.4 is 15.0 Å². The van der Waals surface area contributed by atoms with Gasteiger partial charge in [0.2, 0.25) is 11.7 Å². The van der Waals surface area contributed by atoms with E-state index in [0.29, 0.717) is 29.1 Å². The topological polar surface area (TPSA) is 113 Å². The Bertz CT molecular complexity index is 1440. The predicted octanol–water partition coefficient (Wildman–Crippen LogP) is 7.96. The van der Waals surface area contributed by atoms with Gasteiger partial charge in [-0.25, -0.2) is 13.2 Å². The van der Waals surface area contributed by atoms with E-state index in [2.05, 4.69) is 19.2 Å². The van der Waals surface area contributed by atoms with Crippen LogP contribution in [-0.4, -0.2) is 44.0 Å². The standard InChI is InChI=1S/C32H43FN2O6S2/c1-7-9-15-32(16-10-8-2)20-35(23-13-11-22(12-14-23)34-30(38)31(3,4)5)25-17-27(42-6)26(41-19-24(33)29(36)37)18-28(25)43(39,40)21-32/h11-14,17-19H,7-10,15-16,20-21H2,1-6H3,(H,34,38)(H,36,37)/b24-19-. The van der Waals surface area contributed by atoms with Crippen molar-refractivity contribution in [2.24, 2.45) is 10.8 Å². The second-order valence-corrected chi connectivity index (χ2v) is 15.0. The number of unbranched alkanes of at least 4 members (excludes halogenated alkanes) is 2. The maximum atomic E-state index is 14.2. The van der Waals surface area contributed by atoms with E-state index in [4.69, 9.17) is 9.84 Å². The molecule has 236 valence electrons. The zero-order chi connectivity index (χ0) is 32.0. The number of benzene rings is 2. The Morgan fingerprint density at radius 1 is 1.12 bits per heavy atom. The van der Waals surface area contributed by atoms with Gasteiger partial charge in [0.15, 0.2) is 9.84 Å². The highest BCUT2D eigenvalue weighted by Gasteiger charge is 2.42. The molecule has 0 bridgehead atoms. The summed E-state index contributed by atoms with van der Waals surface area (Å²) in [4.78, 5) is 26.1. The van der Waals surface area contributed by atoms with Crippen molar-refractivity contribution in [2.75, 3.05) is 28.8 Å². The first kappa shape index (κ1) is 34.4. The van der Waals surface area contributed by atoms with Gasteiger partial charge in [-0.15, -0.1) is 11.8 Å². The monoisotopic (exact) mass is 634 g/mol. The van der Waals surface area contributed by atoms with Crippen LogP contribution in [0.3, 0.4) is 0 Å². The first-order chi connectivity index (χ1) is 20.2. The van der Waals surface area contributed by atoms with E-state index in [1.54, 1.807) is 12.3 Å². The molecule has 0 radical (unpaired) electrons. The van der Waals surface area contributed by atoms with Crippen LogP contribution in [0, 0.1) is 10.8 Å². The first-order valence-electron chi connectivity index (χ1n) is 14.6. The van der Waals surface area contributed by atoms with E-state index in [1.165, 1.54) is 17.8 Å². The van der Waals surface area contributed by atoms with Crippen molar-refractivity contribution in [3.63, 3.8) is 0 Å². The van der Waals surface area contributed by atoms with E-state index < -0.39 is 32.5 Å². The maximum Gasteiger partial charge on any atom is 0.368 e. The summed E-state index contributed by atoms with van der Waals surface area (Å²) in [5.74, 6) is -3.39. The highest BCUT2D eigenvalue weighted by molar-refractivity contribution is 7.98. The lowest BCUT2D eigenvalue weighted by atomic mass is 9.79. The Balaban J connectivity index is 2.22. The van der Waals surface area contributed by atoms with Crippen LogP contribution >= 0.6 is 11.8 Å². The van der Waals surface area contributed by atoms with Crippen LogP contribution in [-0.2, 0) is 19.4 Å². The average Bonchev–Trinajstić information content (AvgIpc) is 3.04. The minimum atomic E-state index is -3.85. The molecule has 1 heterocycles. The molecule has 0 atom stereocenters. The number of hydrogen-bond acceptors (Lipinski definition) is 7. The number of halogens is 1. The molecule has 0 unspecified atom stereocenters. The number of carbonyl (C=O) groups is 2. The number of anilines is 3. The van der Waals surface area contributed by atoms with Crippen molar-refractivity contribution in [3.8, 4) is 5.75 Å². The summed E-state index contributed by atoms with van der Waals surface area (Å²) in [5, 5.41) is 11.8. The highest BCUT2D eigenvalue weighted by atomic mass is 32.2. The number of fused-ring (bicyclic) bond motifs is 1. The largest absolute Gasteiger partial charge is 0.476 e. The van der Waals surface area contributed by atoms with Crippen LogP contribution in [0.5, 0.6) is 5.75 Å². The molecule has 0 aromatic heterocycles. The second kappa shape index (κ2) is 14.2. The fourth-order valence-corrected chi connectivity index (χ4v) is 7.81. The van der Waals surface area contributed by atoms with E-state index in [0.717, 1.165) is 44.2 Å². The van der Waals surface area contributed by atoms with Crippen molar-refractivity contribution in [2.45, 2.75) is 82.9 Å². The number of carboxylic acid groups (broad SMARTS) is 1. The number of thioether (sulfide) groups is 1. The zero-order valence-corrected chi connectivity index (χ0v) is 27.5. The van der Waals surface area contributed by atoms with Crippen molar-refractivity contribution in [3.05, 3.63) is 48.5 Å². The molecule has 0 aliphatic carbocycles. The lowest BCUT2D eigenvalue weighted by Crippen LogP contribution is -2.38. The third kappa shape index (κ3) is 8.53. The number of nitrogens with one attached hydrogen (secondary N) is 1. The van der Waals surface area contributed by atoms with E-state index in [9.17, 15) is 22.4 Å². The smallest absolute Gasteiger partial charge is 0.368 e. The van der Waals surface area contributed by atoms with E-state index in [1.807, 2.05) is 49.9 Å². The minimum absolute atomic E-state index is 0.0458. The number of sulfone groups is 1. The van der Waals surface area contributed by atoms with Crippen molar-refractivity contribution in [1.29, 1.82) is 0 Å². The van der Waals surface area contributed by atoms with Crippen molar-refractivity contribution >= 4 is 50.5 Å². The highest BCUT2D eigenvalue weighted by Crippen LogP contribution is 2.48. The van der Waals surface area contributed by atoms with E-state index in [-0.39, 0.29) is 22.3 Å². The lowest BCUT2D eigenvalue weighted by Gasteiger charge is -2.37. The summed E-state index contributed by atoms with van der Waals surface area (Å²) in [6, 6.07) is 10.5. The van der Waals surface area contributed by atoms with Crippen LogP contribution in [0.2, 0.25) is 0 Å². The number of nitrogens with zero attached hydrogens (tertiary/aromatic N) is 1. The molecule has 0 fully saturated rings. The Morgan fingerprint density at radius 2 is 1.72 bits per heavy atom.